The molecule has 0 aliphatic heterocycles. The molecule has 0 saturated heterocycles. The summed E-state index contributed by atoms with van der Waals surface area (Å²) in [6.07, 6.45) is 6.72. The van der Waals surface area contributed by atoms with E-state index in [9.17, 15) is 4.79 Å². The number of rotatable bonds is 7. The Bertz CT molecular complexity index is 793. The number of nitrogens with zero attached hydrogens (tertiary/aromatic N) is 3. The monoisotopic (exact) mass is 370 g/mol. The molecule has 1 aliphatic carbocycles. The highest BCUT2D eigenvalue weighted by Gasteiger charge is 2.24. The van der Waals surface area contributed by atoms with Gasteiger partial charge in [0.2, 0.25) is 5.91 Å². The molecule has 0 atom stereocenters. The molecule has 0 spiro atoms. The first-order valence-electron chi connectivity index (χ1n) is 9.12. The van der Waals surface area contributed by atoms with Crippen molar-refractivity contribution in [2.24, 2.45) is 0 Å². The maximum atomic E-state index is 12.4. The van der Waals surface area contributed by atoms with Crippen LogP contribution in [0.2, 0.25) is 0 Å². The molecule has 3 rings (SSSR count). The Hall–Kier alpha value is -2.08. The Kier molecular flexibility index (Phi) is 6.14. The second-order valence-electron chi connectivity index (χ2n) is 6.88. The summed E-state index contributed by atoms with van der Waals surface area (Å²) in [6, 6.07) is 6.06. The van der Waals surface area contributed by atoms with Crippen LogP contribution < -0.4 is 5.32 Å². The van der Waals surface area contributed by atoms with E-state index in [2.05, 4.69) is 26.7 Å². The van der Waals surface area contributed by atoms with Crippen molar-refractivity contribution in [1.82, 2.24) is 14.8 Å². The van der Waals surface area contributed by atoms with Crippen molar-refractivity contribution in [1.29, 1.82) is 0 Å². The predicted octanol–water partition coefficient (Wildman–Crippen LogP) is 4.47. The Morgan fingerprint density at radius 2 is 2.12 bits per heavy atom. The van der Waals surface area contributed by atoms with Crippen LogP contribution in [-0.4, -0.2) is 26.4 Å². The number of hydrogen-bond donors (Lipinski definition) is 1. The second kappa shape index (κ2) is 8.54. The van der Waals surface area contributed by atoms with Crippen molar-refractivity contribution in [3.05, 3.63) is 47.8 Å². The standard InChI is InChI=1S/C20H26N4OS/c1-4-11-24-19(16-7-5-6-8-16)22-23-20(24)26-13-18(25)21-17-12-14(2)9-10-15(17)3/h4,9-10,12,16H,1,5-8,11,13H2,2-3H3,(H,21,25). The molecule has 1 N–H and O–H groups in total. The first-order valence-corrected chi connectivity index (χ1v) is 10.1. The van der Waals surface area contributed by atoms with Crippen molar-refractivity contribution in [3.8, 4) is 0 Å². The minimum atomic E-state index is -0.0285. The fraction of sp³-hybridized carbons (Fsp3) is 0.450. The number of hydrogen-bond acceptors (Lipinski definition) is 4. The van der Waals surface area contributed by atoms with Gasteiger partial charge < -0.3 is 9.88 Å². The van der Waals surface area contributed by atoms with Gasteiger partial charge in [-0.15, -0.1) is 16.8 Å². The molecule has 26 heavy (non-hydrogen) atoms. The number of nitrogens with one attached hydrogen (secondary N) is 1. The summed E-state index contributed by atoms with van der Waals surface area (Å²) >= 11 is 1.43. The molecule has 0 bridgehead atoms. The van der Waals surface area contributed by atoms with E-state index in [-0.39, 0.29) is 5.91 Å². The Morgan fingerprint density at radius 3 is 2.85 bits per heavy atom. The van der Waals surface area contributed by atoms with E-state index in [0.717, 1.165) is 27.8 Å². The summed E-state index contributed by atoms with van der Waals surface area (Å²) in [6.45, 7) is 8.55. The zero-order chi connectivity index (χ0) is 18.5. The van der Waals surface area contributed by atoms with E-state index in [1.807, 2.05) is 38.1 Å². The highest BCUT2D eigenvalue weighted by molar-refractivity contribution is 7.99. The topological polar surface area (TPSA) is 59.8 Å². The molecule has 1 aromatic carbocycles. The van der Waals surface area contributed by atoms with Gasteiger partial charge in [0.05, 0.1) is 5.75 Å². The average Bonchev–Trinajstić information content (AvgIpc) is 3.26. The Labute approximate surface area is 159 Å². The van der Waals surface area contributed by atoms with Gasteiger partial charge in [0.15, 0.2) is 5.16 Å². The lowest BCUT2D eigenvalue weighted by Crippen LogP contribution is -2.15. The molecule has 1 amide bonds. The van der Waals surface area contributed by atoms with Crippen molar-refractivity contribution >= 4 is 23.4 Å². The molecule has 1 fully saturated rings. The van der Waals surface area contributed by atoms with Gasteiger partial charge in [-0.1, -0.05) is 42.8 Å². The summed E-state index contributed by atoms with van der Waals surface area (Å²) in [4.78, 5) is 12.4. The molecule has 1 heterocycles. The van der Waals surface area contributed by atoms with Crippen LogP contribution in [-0.2, 0) is 11.3 Å². The summed E-state index contributed by atoms with van der Waals surface area (Å²) in [5, 5.41) is 12.5. The average molecular weight is 371 g/mol. The van der Waals surface area contributed by atoms with E-state index >= 15 is 0 Å². The van der Waals surface area contributed by atoms with Gasteiger partial charge in [-0.2, -0.15) is 0 Å². The van der Waals surface area contributed by atoms with Crippen molar-refractivity contribution in [2.45, 2.75) is 57.1 Å². The lowest BCUT2D eigenvalue weighted by Gasteiger charge is -2.12. The third-order valence-electron chi connectivity index (χ3n) is 4.78. The number of aryl methyl sites for hydroxylation is 2. The third-order valence-corrected chi connectivity index (χ3v) is 5.74. The Morgan fingerprint density at radius 1 is 1.35 bits per heavy atom. The van der Waals surface area contributed by atoms with Crippen LogP contribution in [0.15, 0.2) is 36.0 Å². The van der Waals surface area contributed by atoms with Crippen LogP contribution in [0.5, 0.6) is 0 Å². The summed E-state index contributed by atoms with van der Waals surface area (Å²) in [7, 11) is 0. The molecule has 1 aromatic heterocycles. The van der Waals surface area contributed by atoms with E-state index in [1.54, 1.807) is 0 Å². The maximum Gasteiger partial charge on any atom is 0.234 e. The number of allylic oxidation sites excluding steroid dienone is 1. The van der Waals surface area contributed by atoms with Crippen molar-refractivity contribution < 1.29 is 4.79 Å². The minimum Gasteiger partial charge on any atom is -0.325 e. The number of carbonyl (C=O) groups excluding carboxylic acids is 1. The van der Waals surface area contributed by atoms with Gasteiger partial charge in [-0.05, 0) is 43.9 Å². The zero-order valence-corrected chi connectivity index (χ0v) is 16.3. The largest absolute Gasteiger partial charge is 0.325 e. The number of aromatic nitrogens is 3. The molecular formula is C20H26N4OS. The molecule has 138 valence electrons. The highest BCUT2D eigenvalue weighted by atomic mass is 32.2. The lowest BCUT2D eigenvalue weighted by atomic mass is 10.1. The van der Waals surface area contributed by atoms with Gasteiger partial charge in [0.25, 0.3) is 0 Å². The molecule has 0 radical (unpaired) electrons. The van der Waals surface area contributed by atoms with Crippen LogP contribution in [0, 0.1) is 13.8 Å². The molecular weight excluding hydrogens is 344 g/mol. The van der Waals surface area contributed by atoms with Gasteiger partial charge in [-0.25, -0.2) is 0 Å². The molecule has 5 nitrogen and oxygen atoms in total. The first-order chi connectivity index (χ1) is 12.6. The number of anilines is 1. The lowest BCUT2D eigenvalue weighted by molar-refractivity contribution is -0.113. The fourth-order valence-corrected chi connectivity index (χ4v) is 4.14. The van der Waals surface area contributed by atoms with Gasteiger partial charge in [0.1, 0.15) is 5.82 Å². The smallest absolute Gasteiger partial charge is 0.234 e. The Balaban J connectivity index is 1.66. The summed E-state index contributed by atoms with van der Waals surface area (Å²) in [5.41, 5.74) is 3.06. The number of benzene rings is 1. The van der Waals surface area contributed by atoms with Crippen molar-refractivity contribution in [2.75, 3.05) is 11.1 Å². The van der Waals surface area contributed by atoms with E-state index in [0.29, 0.717) is 18.2 Å². The van der Waals surface area contributed by atoms with E-state index < -0.39 is 0 Å². The van der Waals surface area contributed by atoms with Crippen LogP contribution in [0.25, 0.3) is 0 Å². The van der Waals surface area contributed by atoms with Crippen LogP contribution >= 0.6 is 11.8 Å². The van der Waals surface area contributed by atoms with E-state index in [4.69, 9.17) is 0 Å². The van der Waals surface area contributed by atoms with Gasteiger partial charge >= 0.3 is 0 Å². The first kappa shape index (κ1) is 18.7. The summed E-state index contributed by atoms with van der Waals surface area (Å²) in [5.74, 6) is 1.81. The minimum absolute atomic E-state index is 0.0285. The number of carbonyl (C=O) groups is 1. The molecule has 6 heteroatoms. The van der Waals surface area contributed by atoms with Gasteiger partial charge in [-0.3, -0.25) is 4.79 Å². The number of thioether (sulfide) groups is 1. The van der Waals surface area contributed by atoms with E-state index in [1.165, 1.54) is 37.4 Å². The molecule has 2 aromatic rings. The maximum absolute atomic E-state index is 12.4. The molecule has 1 aliphatic rings. The highest BCUT2D eigenvalue weighted by Crippen LogP contribution is 2.34. The molecule has 1 saturated carbocycles. The van der Waals surface area contributed by atoms with Crippen molar-refractivity contribution in [3.63, 3.8) is 0 Å². The fourth-order valence-electron chi connectivity index (χ4n) is 3.38. The molecule has 0 unspecified atom stereocenters. The van der Waals surface area contributed by atoms with Crippen LogP contribution in [0.3, 0.4) is 0 Å². The predicted molar refractivity (Wildman–Crippen MR) is 107 cm³/mol. The van der Waals surface area contributed by atoms with Crippen LogP contribution in [0.4, 0.5) is 5.69 Å². The zero-order valence-electron chi connectivity index (χ0n) is 15.5. The van der Waals surface area contributed by atoms with Gasteiger partial charge in [0, 0.05) is 18.2 Å². The summed E-state index contributed by atoms with van der Waals surface area (Å²) < 4.78 is 2.11. The second-order valence-corrected chi connectivity index (χ2v) is 7.82. The SMILES string of the molecule is C=CCn1c(SCC(=O)Nc2cc(C)ccc2C)nnc1C1CCCC1. The quantitative estimate of drug-likeness (QED) is 0.577. The normalized spacial score (nSPS) is 14.5. The third kappa shape index (κ3) is 4.36. The number of amides is 1. The van der Waals surface area contributed by atoms with Crippen LogP contribution in [0.1, 0.15) is 48.6 Å².